The van der Waals surface area contributed by atoms with Gasteiger partial charge in [-0.15, -0.1) is 5.06 Å². The van der Waals surface area contributed by atoms with Crippen LogP contribution in [0.3, 0.4) is 0 Å². The Balaban J connectivity index is 2.61. The fourth-order valence-electron chi connectivity index (χ4n) is 1.21. The number of carbonyl (C=O) groups excluding carboxylic acids is 4. The number of thioether (sulfide) groups is 1. The van der Waals surface area contributed by atoms with Crippen molar-refractivity contribution < 1.29 is 24.0 Å². The van der Waals surface area contributed by atoms with Gasteiger partial charge in [0, 0.05) is 25.5 Å². The third-order valence-electron chi connectivity index (χ3n) is 2.37. The lowest BCUT2D eigenvalue weighted by molar-refractivity contribution is -0.203. The molecule has 6 nitrogen and oxygen atoms in total. The Labute approximate surface area is 109 Å². The Morgan fingerprint density at radius 1 is 1.28 bits per heavy atom. The maximum absolute atomic E-state index is 11.8. The van der Waals surface area contributed by atoms with E-state index in [4.69, 9.17) is 4.84 Å². The Morgan fingerprint density at radius 3 is 2.22 bits per heavy atom. The van der Waals surface area contributed by atoms with Crippen LogP contribution in [0.2, 0.25) is 0 Å². The van der Waals surface area contributed by atoms with E-state index in [9.17, 15) is 19.2 Å². The summed E-state index contributed by atoms with van der Waals surface area (Å²) in [5.41, 5.74) is -0.945. The van der Waals surface area contributed by atoms with Crippen molar-refractivity contribution in [1.29, 1.82) is 0 Å². The van der Waals surface area contributed by atoms with E-state index in [1.54, 1.807) is 13.8 Å². The molecule has 0 saturated carbocycles. The smallest absolute Gasteiger partial charge is 0.330 e. The highest BCUT2D eigenvalue weighted by Gasteiger charge is 2.38. The van der Waals surface area contributed by atoms with Gasteiger partial charge >= 0.3 is 5.97 Å². The van der Waals surface area contributed by atoms with E-state index < -0.39 is 23.2 Å². The number of nitrogens with zero attached hydrogens (tertiary/aromatic N) is 1. The fourth-order valence-corrected chi connectivity index (χ4v) is 1.89. The van der Waals surface area contributed by atoms with Gasteiger partial charge in [0.05, 0.1) is 5.41 Å². The van der Waals surface area contributed by atoms with Crippen molar-refractivity contribution in [2.45, 2.75) is 33.6 Å². The van der Waals surface area contributed by atoms with Crippen molar-refractivity contribution in [3.05, 3.63) is 0 Å². The van der Waals surface area contributed by atoms with Gasteiger partial charge in [-0.1, -0.05) is 11.8 Å². The lowest BCUT2D eigenvalue weighted by atomic mass is 9.97. The van der Waals surface area contributed by atoms with E-state index in [1.807, 2.05) is 0 Å². The maximum Gasteiger partial charge on any atom is 0.339 e. The molecule has 0 bridgehead atoms. The van der Waals surface area contributed by atoms with Gasteiger partial charge in [0.25, 0.3) is 11.8 Å². The van der Waals surface area contributed by atoms with E-state index >= 15 is 0 Å². The molecule has 0 aliphatic carbocycles. The van der Waals surface area contributed by atoms with Gasteiger partial charge in [0.1, 0.15) is 0 Å². The van der Waals surface area contributed by atoms with Crippen molar-refractivity contribution >= 4 is 34.7 Å². The zero-order valence-electron chi connectivity index (χ0n) is 10.5. The van der Waals surface area contributed by atoms with Gasteiger partial charge in [-0.3, -0.25) is 14.4 Å². The summed E-state index contributed by atoms with van der Waals surface area (Å²) in [5, 5.41) is 0.409. The second kappa shape index (κ2) is 5.51. The third kappa shape index (κ3) is 3.56. The lowest BCUT2D eigenvalue weighted by Gasteiger charge is -2.23. The maximum atomic E-state index is 11.8. The molecule has 0 atom stereocenters. The highest BCUT2D eigenvalue weighted by atomic mass is 32.2. The summed E-state index contributed by atoms with van der Waals surface area (Å²) >= 11 is 0.998. The summed E-state index contributed by atoms with van der Waals surface area (Å²) < 4.78 is 0. The van der Waals surface area contributed by atoms with Crippen LogP contribution in [0.15, 0.2) is 0 Å². The van der Waals surface area contributed by atoms with Crippen LogP contribution in [0.5, 0.6) is 0 Å². The number of hydroxylamine groups is 2. The van der Waals surface area contributed by atoms with Crippen molar-refractivity contribution in [2.75, 3.05) is 5.75 Å². The molecule has 0 aromatic carbocycles. The monoisotopic (exact) mass is 273 g/mol. The van der Waals surface area contributed by atoms with Crippen LogP contribution in [-0.4, -0.2) is 33.7 Å². The summed E-state index contributed by atoms with van der Waals surface area (Å²) in [6, 6.07) is 0. The molecule has 0 N–H and O–H groups in total. The van der Waals surface area contributed by atoms with Crippen LogP contribution in [0, 0.1) is 5.41 Å². The molecule has 1 saturated heterocycles. The number of imide groups is 1. The Kier molecular flexibility index (Phi) is 4.50. The molecule has 0 unspecified atom stereocenters. The highest BCUT2D eigenvalue weighted by molar-refractivity contribution is 8.13. The molecule has 0 spiro atoms. The largest absolute Gasteiger partial charge is 0.339 e. The predicted molar refractivity (Wildman–Crippen MR) is 64.1 cm³/mol. The molecule has 7 heteroatoms. The first kappa shape index (κ1) is 14.7. The number of amides is 2. The Morgan fingerprint density at radius 2 is 1.78 bits per heavy atom. The van der Waals surface area contributed by atoms with Crippen LogP contribution >= 0.6 is 11.8 Å². The summed E-state index contributed by atoms with van der Waals surface area (Å²) in [5.74, 6) is -1.48. The van der Waals surface area contributed by atoms with Crippen LogP contribution in [0.4, 0.5) is 0 Å². The molecule has 0 aromatic rings. The molecule has 2 amide bonds. The molecule has 1 fully saturated rings. The highest BCUT2D eigenvalue weighted by Crippen LogP contribution is 2.25. The van der Waals surface area contributed by atoms with Crippen molar-refractivity contribution in [1.82, 2.24) is 5.06 Å². The van der Waals surface area contributed by atoms with Gasteiger partial charge in [0.2, 0.25) is 0 Å². The predicted octanol–water partition coefficient (Wildman–Crippen LogP) is 0.899. The average molecular weight is 273 g/mol. The van der Waals surface area contributed by atoms with E-state index in [2.05, 4.69) is 0 Å². The second-order valence-corrected chi connectivity index (χ2v) is 5.78. The fraction of sp³-hybridized carbons (Fsp3) is 0.636. The first-order valence-corrected chi connectivity index (χ1v) is 6.44. The number of carbonyl (C=O) groups is 4. The molecule has 18 heavy (non-hydrogen) atoms. The molecule has 1 rings (SSSR count). The zero-order chi connectivity index (χ0) is 13.9. The van der Waals surface area contributed by atoms with Crippen LogP contribution in [0.1, 0.15) is 33.6 Å². The summed E-state index contributed by atoms with van der Waals surface area (Å²) in [6.07, 6.45) is 0.128. The van der Waals surface area contributed by atoms with E-state index in [1.165, 1.54) is 6.92 Å². The normalized spacial score (nSPS) is 16.1. The molecule has 0 aromatic heterocycles. The summed E-state index contributed by atoms with van der Waals surface area (Å²) in [6.45, 7) is 4.59. The zero-order valence-corrected chi connectivity index (χ0v) is 11.3. The van der Waals surface area contributed by atoms with Crippen LogP contribution < -0.4 is 0 Å². The van der Waals surface area contributed by atoms with E-state index in [0.717, 1.165) is 11.8 Å². The molecule has 1 heterocycles. The first-order chi connectivity index (χ1) is 8.24. The van der Waals surface area contributed by atoms with E-state index in [0.29, 0.717) is 5.06 Å². The van der Waals surface area contributed by atoms with Crippen molar-refractivity contribution in [2.24, 2.45) is 5.41 Å². The average Bonchev–Trinajstić information content (AvgIpc) is 2.58. The molecule has 100 valence electrons. The third-order valence-corrected chi connectivity index (χ3v) is 3.64. The van der Waals surface area contributed by atoms with Gasteiger partial charge in [0.15, 0.2) is 5.12 Å². The standard InChI is InChI=1S/C11H15NO5S/c1-7(13)18-6-11(2,3)10(16)17-12-8(14)4-5-9(12)15/h4-6H2,1-3H3. The van der Waals surface area contributed by atoms with Gasteiger partial charge in [-0.25, -0.2) is 4.79 Å². The second-order valence-electron chi connectivity index (χ2n) is 4.62. The summed E-state index contributed by atoms with van der Waals surface area (Å²) in [4.78, 5) is 50.1. The Hall–Kier alpha value is -1.37. The topological polar surface area (TPSA) is 80.8 Å². The molecular weight excluding hydrogens is 258 g/mol. The quantitative estimate of drug-likeness (QED) is 0.708. The first-order valence-electron chi connectivity index (χ1n) is 5.45. The van der Waals surface area contributed by atoms with Gasteiger partial charge in [-0.2, -0.15) is 0 Å². The SMILES string of the molecule is CC(=O)SCC(C)(C)C(=O)ON1C(=O)CCC1=O. The lowest BCUT2D eigenvalue weighted by Crippen LogP contribution is -2.39. The summed E-state index contributed by atoms with van der Waals surface area (Å²) in [7, 11) is 0. The molecule has 1 aliphatic rings. The molecular formula is C11H15NO5S. The minimum Gasteiger partial charge on any atom is -0.330 e. The molecule has 1 aliphatic heterocycles. The van der Waals surface area contributed by atoms with Crippen molar-refractivity contribution in [3.63, 3.8) is 0 Å². The number of rotatable bonds is 4. The minimum atomic E-state index is -0.945. The van der Waals surface area contributed by atoms with Gasteiger partial charge in [-0.05, 0) is 13.8 Å². The number of hydrogen-bond acceptors (Lipinski definition) is 6. The van der Waals surface area contributed by atoms with Crippen LogP contribution in [-0.2, 0) is 24.0 Å². The van der Waals surface area contributed by atoms with E-state index in [-0.39, 0.29) is 23.7 Å². The minimum absolute atomic E-state index is 0.0642. The Bertz CT molecular complexity index is 388. The van der Waals surface area contributed by atoms with Crippen molar-refractivity contribution in [3.8, 4) is 0 Å². The molecule has 0 radical (unpaired) electrons. The number of hydrogen-bond donors (Lipinski definition) is 0. The van der Waals surface area contributed by atoms with Crippen LogP contribution in [0.25, 0.3) is 0 Å². The van der Waals surface area contributed by atoms with Gasteiger partial charge < -0.3 is 4.84 Å².